The largest absolute Gasteiger partial charge is 0.493 e. The van der Waals surface area contributed by atoms with Crippen molar-refractivity contribution in [1.82, 2.24) is 4.90 Å². The van der Waals surface area contributed by atoms with E-state index in [0.29, 0.717) is 24.5 Å². The number of anilines is 1. The lowest BCUT2D eigenvalue weighted by atomic mass is 10.1. The Labute approximate surface area is 192 Å². The van der Waals surface area contributed by atoms with Crippen LogP contribution in [0.4, 0.5) is 19.3 Å². The van der Waals surface area contributed by atoms with E-state index in [2.05, 4.69) is 5.32 Å². The van der Waals surface area contributed by atoms with E-state index < -0.39 is 17.7 Å². The molecule has 0 aliphatic heterocycles. The number of rotatable bonds is 9. The molecule has 3 aromatic carbocycles. The van der Waals surface area contributed by atoms with E-state index in [9.17, 15) is 13.6 Å². The van der Waals surface area contributed by atoms with Gasteiger partial charge in [0.1, 0.15) is 18.2 Å². The highest BCUT2D eigenvalue weighted by Gasteiger charge is 2.21. The van der Waals surface area contributed by atoms with Gasteiger partial charge < -0.3 is 19.7 Å². The summed E-state index contributed by atoms with van der Waals surface area (Å²) < 4.78 is 38.6. The number of carbonyl (C=O) groups is 1. The van der Waals surface area contributed by atoms with Crippen molar-refractivity contribution in [2.24, 2.45) is 0 Å². The van der Waals surface area contributed by atoms with Crippen molar-refractivity contribution in [3.63, 3.8) is 0 Å². The van der Waals surface area contributed by atoms with E-state index in [1.807, 2.05) is 62.4 Å². The molecule has 174 valence electrons. The number of methoxy groups -OCH3 is 1. The molecule has 1 N–H and O–H groups in total. The third-order valence-electron chi connectivity index (χ3n) is 5.37. The van der Waals surface area contributed by atoms with Crippen molar-refractivity contribution in [3.8, 4) is 11.5 Å². The van der Waals surface area contributed by atoms with Crippen molar-refractivity contribution in [2.45, 2.75) is 39.5 Å². The van der Waals surface area contributed by atoms with Gasteiger partial charge in [0.2, 0.25) is 0 Å². The zero-order valence-electron chi connectivity index (χ0n) is 19.0. The van der Waals surface area contributed by atoms with E-state index in [4.69, 9.17) is 9.47 Å². The Bertz CT molecular complexity index is 1080. The predicted octanol–water partition coefficient (Wildman–Crippen LogP) is 6.39. The lowest BCUT2D eigenvalue weighted by Crippen LogP contribution is -2.40. The molecule has 0 aromatic heterocycles. The molecule has 0 saturated carbocycles. The summed E-state index contributed by atoms with van der Waals surface area (Å²) in [6, 6.07) is 17.8. The predicted molar refractivity (Wildman–Crippen MR) is 124 cm³/mol. The third-order valence-corrected chi connectivity index (χ3v) is 5.37. The summed E-state index contributed by atoms with van der Waals surface area (Å²) in [7, 11) is 1.56. The maximum absolute atomic E-state index is 14.0. The zero-order valence-corrected chi connectivity index (χ0v) is 19.0. The van der Waals surface area contributed by atoms with Gasteiger partial charge in [-0.15, -0.1) is 0 Å². The molecule has 0 radical (unpaired) electrons. The number of carbonyl (C=O) groups excluding carboxylic acids is 1. The van der Waals surface area contributed by atoms with E-state index in [-0.39, 0.29) is 18.3 Å². The lowest BCUT2D eigenvalue weighted by Gasteiger charge is -2.29. The van der Waals surface area contributed by atoms with Gasteiger partial charge in [-0.05, 0) is 48.7 Å². The Morgan fingerprint density at radius 1 is 1.00 bits per heavy atom. The number of urea groups is 1. The van der Waals surface area contributed by atoms with Crippen LogP contribution in [-0.4, -0.2) is 24.1 Å². The molecule has 0 spiro atoms. The van der Waals surface area contributed by atoms with Crippen LogP contribution < -0.4 is 14.8 Å². The molecular weight excluding hydrogens is 426 g/mol. The number of hydrogen-bond acceptors (Lipinski definition) is 3. The summed E-state index contributed by atoms with van der Waals surface area (Å²) in [5, 5.41) is 2.54. The normalized spacial score (nSPS) is 11.5. The molecule has 1 unspecified atom stereocenters. The molecule has 3 rings (SSSR count). The van der Waals surface area contributed by atoms with Gasteiger partial charge >= 0.3 is 6.03 Å². The van der Waals surface area contributed by atoms with Crippen LogP contribution in [0.15, 0.2) is 66.7 Å². The standard InChI is InChI=1S/C26H28F2N2O3/c1-4-18(2)30(26(31)29-23-12-11-21(27)15-22(23)28)16-20-10-13-24(25(14-20)32-3)33-17-19-8-6-5-7-9-19/h5-15,18H,4,16-17H2,1-3H3,(H,29,31). The zero-order chi connectivity index (χ0) is 23.8. The van der Waals surface area contributed by atoms with Crippen molar-refractivity contribution in [3.05, 3.63) is 89.5 Å². The minimum absolute atomic E-state index is 0.0723. The van der Waals surface area contributed by atoms with E-state index in [1.165, 1.54) is 6.07 Å². The molecule has 1 atom stereocenters. The fourth-order valence-corrected chi connectivity index (χ4v) is 3.29. The maximum Gasteiger partial charge on any atom is 0.322 e. The third kappa shape index (κ3) is 6.44. The number of nitrogens with one attached hydrogen (secondary N) is 1. The number of halogens is 2. The molecule has 0 heterocycles. The average molecular weight is 455 g/mol. The molecule has 0 bridgehead atoms. The van der Waals surface area contributed by atoms with Gasteiger partial charge in [-0.1, -0.05) is 43.3 Å². The van der Waals surface area contributed by atoms with Crippen LogP contribution in [0.2, 0.25) is 0 Å². The highest BCUT2D eigenvalue weighted by Crippen LogP contribution is 2.30. The Hall–Kier alpha value is -3.61. The first-order valence-corrected chi connectivity index (χ1v) is 10.8. The fourth-order valence-electron chi connectivity index (χ4n) is 3.29. The summed E-state index contributed by atoms with van der Waals surface area (Å²) in [5.41, 5.74) is 1.79. The summed E-state index contributed by atoms with van der Waals surface area (Å²) in [6.07, 6.45) is 0.703. The van der Waals surface area contributed by atoms with E-state index in [0.717, 1.165) is 23.3 Å². The van der Waals surface area contributed by atoms with E-state index in [1.54, 1.807) is 12.0 Å². The van der Waals surface area contributed by atoms with Crippen molar-refractivity contribution < 1.29 is 23.0 Å². The van der Waals surface area contributed by atoms with Gasteiger partial charge in [0.25, 0.3) is 0 Å². The molecule has 7 heteroatoms. The molecule has 33 heavy (non-hydrogen) atoms. The van der Waals surface area contributed by atoms with E-state index >= 15 is 0 Å². The van der Waals surface area contributed by atoms with Crippen LogP contribution in [0.3, 0.4) is 0 Å². The van der Waals surface area contributed by atoms with Crippen molar-refractivity contribution in [1.29, 1.82) is 0 Å². The first-order valence-electron chi connectivity index (χ1n) is 10.8. The molecule has 0 aliphatic carbocycles. The Balaban J connectivity index is 1.74. The van der Waals surface area contributed by atoms with Gasteiger partial charge in [-0.3, -0.25) is 0 Å². The molecule has 5 nitrogen and oxygen atoms in total. The second kappa shape index (κ2) is 11.3. The topological polar surface area (TPSA) is 50.8 Å². The number of benzene rings is 3. The van der Waals surface area contributed by atoms with Crippen LogP contribution in [0.1, 0.15) is 31.4 Å². The van der Waals surface area contributed by atoms with Crippen LogP contribution in [0.5, 0.6) is 11.5 Å². The van der Waals surface area contributed by atoms with Crippen LogP contribution in [0, 0.1) is 11.6 Å². The molecule has 0 fully saturated rings. The Morgan fingerprint density at radius 3 is 2.42 bits per heavy atom. The van der Waals surface area contributed by atoms with Crippen LogP contribution in [-0.2, 0) is 13.2 Å². The average Bonchev–Trinajstić information content (AvgIpc) is 2.83. The highest BCUT2D eigenvalue weighted by atomic mass is 19.1. The quantitative estimate of drug-likeness (QED) is 0.408. The summed E-state index contributed by atoms with van der Waals surface area (Å²) in [5.74, 6) is -0.379. The molecule has 0 saturated heterocycles. The number of ether oxygens (including phenoxy) is 2. The van der Waals surface area contributed by atoms with Crippen molar-refractivity contribution in [2.75, 3.05) is 12.4 Å². The first kappa shape index (κ1) is 24.0. The smallest absolute Gasteiger partial charge is 0.322 e. The SMILES string of the molecule is CCC(C)N(Cc1ccc(OCc2ccccc2)c(OC)c1)C(=O)Nc1ccc(F)cc1F. The second-order valence-electron chi connectivity index (χ2n) is 7.70. The summed E-state index contributed by atoms with van der Waals surface area (Å²) in [4.78, 5) is 14.5. The van der Waals surface area contributed by atoms with Gasteiger partial charge in [-0.25, -0.2) is 13.6 Å². The first-order chi connectivity index (χ1) is 15.9. The van der Waals surface area contributed by atoms with Crippen LogP contribution in [0.25, 0.3) is 0 Å². The van der Waals surface area contributed by atoms with Gasteiger partial charge in [0, 0.05) is 18.7 Å². The molecule has 3 aromatic rings. The monoisotopic (exact) mass is 454 g/mol. The summed E-state index contributed by atoms with van der Waals surface area (Å²) >= 11 is 0. The highest BCUT2D eigenvalue weighted by molar-refractivity contribution is 5.89. The lowest BCUT2D eigenvalue weighted by molar-refractivity contribution is 0.186. The second-order valence-corrected chi connectivity index (χ2v) is 7.70. The Kier molecular flexibility index (Phi) is 8.24. The number of nitrogens with zero attached hydrogens (tertiary/aromatic N) is 1. The molecular formula is C26H28F2N2O3. The van der Waals surface area contributed by atoms with Gasteiger partial charge in [0.05, 0.1) is 12.8 Å². The molecule has 2 amide bonds. The maximum atomic E-state index is 14.0. The fraction of sp³-hybridized carbons (Fsp3) is 0.269. The van der Waals surface area contributed by atoms with Gasteiger partial charge in [0.15, 0.2) is 11.5 Å². The number of amides is 2. The van der Waals surface area contributed by atoms with Crippen molar-refractivity contribution >= 4 is 11.7 Å². The minimum atomic E-state index is -0.825. The van der Waals surface area contributed by atoms with Crippen LogP contribution >= 0.6 is 0 Å². The molecule has 0 aliphatic rings. The number of hydrogen-bond donors (Lipinski definition) is 1. The Morgan fingerprint density at radius 2 is 1.76 bits per heavy atom. The summed E-state index contributed by atoms with van der Waals surface area (Å²) in [6.45, 7) is 4.56. The minimum Gasteiger partial charge on any atom is -0.493 e. The van der Waals surface area contributed by atoms with Gasteiger partial charge in [-0.2, -0.15) is 0 Å².